The van der Waals surface area contributed by atoms with E-state index in [1.54, 1.807) is 17.0 Å². The number of likely N-dealkylation sites (tertiary alicyclic amines) is 1. The Morgan fingerprint density at radius 2 is 1.90 bits per heavy atom. The van der Waals surface area contributed by atoms with Crippen LogP contribution in [-0.2, 0) is 19.6 Å². The molecule has 29 heavy (non-hydrogen) atoms. The van der Waals surface area contributed by atoms with E-state index in [1.165, 1.54) is 0 Å². The van der Waals surface area contributed by atoms with Gasteiger partial charge in [-0.3, -0.25) is 9.59 Å². The number of piperidine rings is 1. The van der Waals surface area contributed by atoms with Gasteiger partial charge in [0.2, 0.25) is 15.9 Å². The van der Waals surface area contributed by atoms with Crippen LogP contribution in [0.15, 0.2) is 24.3 Å². The molecular formula is C20H27ClN2O5S. The minimum atomic E-state index is -3.37. The van der Waals surface area contributed by atoms with Crippen molar-refractivity contribution >= 4 is 33.5 Å². The highest BCUT2D eigenvalue weighted by molar-refractivity contribution is 7.90. The Kier molecular flexibility index (Phi) is 6.86. The number of aliphatic carboxylic acids is 1. The monoisotopic (exact) mass is 442 g/mol. The lowest BCUT2D eigenvalue weighted by atomic mass is 9.85. The van der Waals surface area contributed by atoms with Gasteiger partial charge >= 0.3 is 5.97 Å². The first kappa shape index (κ1) is 22.1. The number of sulfonamides is 1. The van der Waals surface area contributed by atoms with Crippen molar-refractivity contribution in [2.75, 3.05) is 6.54 Å². The Balaban J connectivity index is 1.85. The first-order valence-corrected chi connectivity index (χ1v) is 11.9. The molecule has 2 fully saturated rings. The number of carbonyl (C=O) groups excluding carboxylic acids is 1. The predicted octanol–water partition coefficient (Wildman–Crippen LogP) is 2.95. The van der Waals surface area contributed by atoms with Gasteiger partial charge in [0.05, 0.1) is 17.7 Å². The average Bonchev–Trinajstić information content (AvgIpc) is 3.51. The number of carboxylic acid groups (broad SMARTS) is 1. The summed E-state index contributed by atoms with van der Waals surface area (Å²) in [6, 6.07) is 6.67. The zero-order chi connectivity index (χ0) is 21.2. The maximum atomic E-state index is 13.2. The third kappa shape index (κ3) is 5.29. The van der Waals surface area contributed by atoms with Gasteiger partial charge in [-0.05, 0) is 49.8 Å². The number of benzene rings is 1. The van der Waals surface area contributed by atoms with Gasteiger partial charge in [-0.2, -0.15) is 0 Å². The Hall–Kier alpha value is -1.64. The van der Waals surface area contributed by atoms with Gasteiger partial charge in [0.1, 0.15) is 0 Å². The van der Waals surface area contributed by atoms with E-state index in [2.05, 4.69) is 4.72 Å². The summed E-state index contributed by atoms with van der Waals surface area (Å²) in [5, 5.41) is 9.44. The van der Waals surface area contributed by atoms with Crippen molar-refractivity contribution < 1.29 is 23.1 Å². The lowest BCUT2D eigenvalue weighted by Gasteiger charge is -2.44. The van der Waals surface area contributed by atoms with E-state index < -0.39 is 21.9 Å². The Bertz CT molecular complexity index is 854. The molecule has 1 heterocycles. The van der Waals surface area contributed by atoms with Crippen LogP contribution >= 0.6 is 11.6 Å². The van der Waals surface area contributed by atoms with Crippen LogP contribution in [0.25, 0.3) is 0 Å². The standard InChI is InChI=1S/C20H27ClN2O5S/c1-2-16(12-22-29(27,28)17-8-9-17)23-18(13-3-6-15(21)7-4-13)10-5-14(20(23)26)11-19(24)25/h3-4,6-7,14,16-18,22H,2,5,8-12H2,1H3,(H,24,25). The summed E-state index contributed by atoms with van der Waals surface area (Å²) < 4.78 is 27.2. The molecule has 0 aromatic heterocycles. The zero-order valence-electron chi connectivity index (χ0n) is 16.4. The molecule has 3 unspecified atom stereocenters. The highest BCUT2D eigenvalue weighted by Gasteiger charge is 2.41. The van der Waals surface area contributed by atoms with Gasteiger partial charge in [0.15, 0.2) is 0 Å². The fourth-order valence-electron chi connectivity index (χ4n) is 3.98. The SMILES string of the molecule is CCC(CNS(=O)(=O)C1CC1)N1C(=O)C(CC(=O)O)CCC1c1ccc(Cl)cc1. The average molecular weight is 443 g/mol. The molecule has 160 valence electrons. The number of carbonyl (C=O) groups is 2. The molecule has 9 heteroatoms. The third-order valence-electron chi connectivity index (χ3n) is 5.75. The first-order chi connectivity index (χ1) is 13.7. The van der Waals surface area contributed by atoms with Crippen LogP contribution in [0.1, 0.15) is 57.1 Å². The number of hydrogen-bond donors (Lipinski definition) is 2. The Morgan fingerprint density at radius 1 is 1.24 bits per heavy atom. The number of halogens is 1. The highest BCUT2D eigenvalue weighted by atomic mass is 35.5. The fourth-order valence-corrected chi connectivity index (χ4v) is 5.52. The topological polar surface area (TPSA) is 104 Å². The van der Waals surface area contributed by atoms with Crippen molar-refractivity contribution in [1.29, 1.82) is 0 Å². The van der Waals surface area contributed by atoms with Crippen molar-refractivity contribution in [3.63, 3.8) is 0 Å². The lowest BCUT2D eigenvalue weighted by molar-refractivity contribution is -0.151. The number of nitrogens with zero attached hydrogens (tertiary/aromatic N) is 1. The minimum Gasteiger partial charge on any atom is -0.481 e. The number of nitrogens with one attached hydrogen (secondary N) is 1. The predicted molar refractivity (Wildman–Crippen MR) is 110 cm³/mol. The van der Waals surface area contributed by atoms with Crippen LogP contribution in [0.5, 0.6) is 0 Å². The summed E-state index contributed by atoms with van der Waals surface area (Å²) in [6.07, 6.45) is 2.79. The van der Waals surface area contributed by atoms with Crippen molar-refractivity contribution in [3.05, 3.63) is 34.9 Å². The van der Waals surface area contributed by atoms with Crippen molar-refractivity contribution in [2.45, 2.75) is 62.8 Å². The summed E-state index contributed by atoms with van der Waals surface area (Å²) in [4.78, 5) is 26.2. The smallest absolute Gasteiger partial charge is 0.304 e. The molecule has 1 saturated heterocycles. The fraction of sp³-hybridized carbons (Fsp3) is 0.600. The zero-order valence-corrected chi connectivity index (χ0v) is 18.0. The van der Waals surface area contributed by atoms with E-state index in [9.17, 15) is 23.1 Å². The van der Waals surface area contributed by atoms with E-state index in [1.807, 2.05) is 19.1 Å². The van der Waals surface area contributed by atoms with Crippen molar-refractivity contribution in [3.8, 4) is 0 Å². The van der Waals surface area contributed by atoms with E-state index in [-0.39, 0.29) is 36.2 Å². The second kappa shape index (κ2) is 9.02. The molecule has 3 rings (SSSR count). The second-order valence-corrected chi connectivity index (χ2v) is 10.3. The highest BCUT2D eigenvalue weighted by Crippen LogP contribution is 2.38. The van der Waals surface area contributed by atoms with Gasteiger partial charge in [0, 0.05) is 23.5 Å². The third-order valence-corrected chi connectivity index (χ3v) is 7.92. The maximum absolute atomic E-state index is 13.2. The van der Waals surface area contributed by atoms with Crippen LogP contribution in [0.3, 0.4) is 0 Å². The van der Waals surface area contributed by atoms with Crippen LogP contribution in [-0.4, -0.2) is 48.1 Å². The van der Waals surface area contributed by atoms with Crippen molar-refractivity contribution in [2.24, 2.45) is 5.92 Å². The number of amides is 1. The largest absolute Gasteiger partial charge is 0.481 e. The van der Waals surface area contributed by atoms with Gasteiger partial charge in [-0.25, -0.2) is 13.1 Å². The molecule has 1 aliphatic carbocycles. The van der Waals surface area contributed by atoms with E-state index in [4.69, 9.17) is 11.6 Å². The summed E-state index contributed by atoms with van der Waals surface area (Å²) in [5.41, 5.74) is 0.917. The molecule has 2 aliphatic rings. The Morgan fingerprint density at radius 3 is 2.45 bits per heavy atom. The van der Waals surface area contributed by atoms with Crippen LogP contribution in [0.2, 0.25) is 5.02 Å². The maximum Gasteiger partial charge on any atom is 0.304 e. The molecule has 2 N–H and O–H groups in total. The second-order valence-electron chi connectivity index (χ2n) is 7.84. The van der Waals surface area contributed by atoms with Gasteiger partial charge < -0.3 is 10.0 Å². The number of rotatable bonds is 9. The molecule has 1 saturated carbocycles. The molecule has 0 spiro atoms. The minimum absolute atomic E-state index is 0.130. The summed E-state index contributed by atoms with van der Waals surface area (Å²) in [5.74, 6) is -1.82. The summed E-state index contributed by atoms with van der Waals surface area (Å²) >= 11 is 6.00. The molecule has 0 bridgehead atoms. The van der Waals surface area contributed by atoms with Crippen molar-refractivity contribution in [1.82, 2.24) is 9.62 Å². The number of hydrogen-bond acceptors (Lipinski definition) is 4. The molecule has 1 aliphatic heterocycles. The van der Waals surface area contributed by atoms with Crippen LogP contribution < -0.4 is 4.72 Å². The number of carboxylic acids is 1. The normalized spacial score (nSPS) is 23.8. The molecule has 3 atom stereocenters. The van der Waals surface area contributed by atoms with Gasteiger partial charge in [0.25, 0.3) is 0 Å². The summed E-state index contributed by atoms with van der Waals surface area (Å²) in [6.45, 7) is 2.04. The molecule has 1 aromatic rings. The summed E-state index contributed by atoms with van der Waals surface area (Å²) in [7, 11) is -3.37. The van der Waals surface area contributed by atoms with Crippen LogP contribution in [0.4, 0.5) is 0 Å². The Labute approximate surface area is 176 Å². The van der Waals surface area contributed by atoms with E-state index in [0.29, 0.717) is 37.1 Å². The molecule has 1 aromatic carbocycles. The van der Waals surface area contributed by atoms with Gasteiger partial charge in [-0.15, -0.1) is 0 Å². The first-order valence-electron chi connectivity index (χ1n) is 10.0. The molecule has 7 nitrogen and oxygen atoms in total. The lowest BCUT2D eigenvalue weighted by Crippen LogP contribution is -2.53. The van der Waals surface area contributed by atoms with E-state index >= 15 is 0 Å². The molecular weight excluding hydrogens is 416 g/mol. The van der Waals surface area contributed by atoms with E-state index in [0.717, 1.165) is 5.56 Å². The van der Waals surface area contributed by atoms with Crippen LogP contribution in [0, 0.1) is 5.92 Å². The van der Waals surface area contributed by atoms with Gasteiger partial charge in [-0.1, -0.05) is 30.7 Å². The molecule has 1 amide bonds. The molecule has 0 radical (unpaired) electrons. The quantitative estimate of drug-likeness (QED) is 0.611.